The lowest BCUT2D eigenvalue weighted by molar-refractivity contribution is -0.122. The quantitative estimate of drug-likeness (QED) is 0.757. The smallest absolute Gasteiger partial charge is 0.220 e. The average Bonchev–Trinajstić information content (AvgIpc) is 2.75. The molecular formula is C15H30N2O. The van der Waals surface area contributed by atoms with E-state index in [-0.39, 0.29) is 5.91 Å². The van der Waals surface area contributed by atoms with Crippen LogP contribution in [-0.2, 0) is 4.79 Å². The van der Waals surface area contributed by atoms with Crippen LogP contribution in [0.3, 0.4) is 0 Å². The van der Waals surface area contributed by atoms with Crippen LogP contribution in [0.2, 0.25) is 0 Å². The third-order valence-electron chi connectivity index (χ3n) is 3.53. The van der Waals surface area contributed by atoms with Crippen LogP contribution < -0.4 is 5.32 Å². The molecule has 0 aromatic carbocycles. The Morgan fingerprint density at radius 1 is 1.11 bits per heavy atom. The van der Waals surface area contributed by atoms with Crippen LogP contribution in [0.5, 0.6) is 0 Å². The van der Waals surface area contributed by atoms with Crippen LogP contribution in [-0.4, -0.2) is 36.5 Å². The summed E-state index contributed by atoms with van der Waals surface area (Å²) in [6.07, 6.45) is 4.46. The number of hydrogen-bond donors (Lipinski definition) is 1. The zero-order valence-corrected chi connectivity index (χ0v) is 12.5. The molecule has 1 aliphatic rings. The van der Waals surface area contributed by atoms with Crippen molar-refractivity contribution in [3.8, 4) is 0 Å². The van der Waals surface area contributed by atoms with Crippen LogP contribution in [0.4, 0.5) is 0 Å². The van der Waals surface area contributed by atoms with Gasteiger partial charge in [0.2, 0.25) is 5.91 Å². The number of hydrogen-bond acceptors (Lipinski definition) is 2. The molecule has 0 bridgehead atoms. The minimum Gasteiger partial charge on any atom is -0.355 e. The number of rotatable bonds is 7. The Labute approximate surface area is 112 Å². The normalized spacial score (nSPS) is 18.6. The van der Waals surface area contributed by atoms with Gasteiger partial charge in [0, 0.05) is 19.0 Å². The third kappa shape index (κ3) is 5.85. The molecule has 0 spiro atoms. The molecule has 18 heavy (non-hydrogen) atoms. The van der Waals surface area contributed by atoms with E-state index in [1.54, 1.807) is 0 Å². The van der Waals surface area contributed by atoms with Crippen molar-refractivity contribution in [2.75, 3.05) is 19.6 Å². The van der Waals surface area contributed by atoms with Gasteiger partial charge >= 0.3 is 0 Å². The molecule has 1 rings (SSSR count). The molecule has 106 valence electrons. The monoisotopic (exact) mass is 254 g/mol. The number of nitrogens with one attached hydrogen (secondary N) is 1. The molecular weight excluding hydrogens is 224 g/mol. The molecule has 0 saturated carbocycles. The van der Waals surface area contributed by atoms with Gasteiger partial charge in [-0.3, -0.25) is 9.69 Å². The maximum Gasteiger partial charge on any atom is 0.220 e. The minimum atomic E-state index is 0.206. The summed E-state index contributed by atoms with van der Waals surface area (Å²) in [6, 6.07) is 0.531. The number of nitrogens with zero attached hydrogens (tertiary/aromatic N) is 1. The number of amides is 1. The minimum absolute atomic E-state index is 0.206. The predicted molar refractivity (Wildman–Crippen MR) is 76.5 cm³/mol. The Hall–Kier alpha value is -0.570. The van der Waals surface area contributed by atoms with E-state index in [4.69, 9.17) is 0 Å². The molecule has 1 fully saturated rings. The average molecular weight is 254 g/mol. The van der Waals surface area contributed by atoms with E-state index in [9.17, 15) is 4.79 Å². The van der Waals surface area contributed by atoms with Crippen molar-refractivity contribution in [3.05, 3.63) is 0 Å². The summed E-state index contributed by atoms with van der Waals surface area (Å²) in [7, 11) is 0. The van der Waals surface area contributed by atoms with Crippen molar-refractivity contribution in [1.82, 2.24) is 10.2 Å². The summed E-state index contributed by atoms with van der Waals surface area (Å²) in [5.41, 5.74) is 0. The van der Waals surface area contributed by atoms with Gasteiger partial charge in [0.15, 0.2) is 0 Å². The Morgan fingerprint density at radius 2 is 1.72 bits per heavy atom. The molecule has 3 nitrogen and oxygen atoms in total. The van der Waals surface area contributed by atoms with Crippen LogP contribution in [0.1, 0.15) is 53.4 Å². The van der Waals surface area contributed by atoms with Crippen molar-refractivity contribution in [2.24, 2.45) is 11.8 Å². The van der Waals surface area contributed by atoms with Gasteiger partial charge in [-0.05, 0) is 44.2 Å². The lowest BCUT2D eigenvalue weighted by atomic mass is 10.0. The highest BCUT2D eigenvalue weighted by atomic mass is 16.1. The van der Waals surface area contributed by atoms with Gasteiger partial charge in [0.1, 0.15) is 0 Å². The van der Waals surface area contributed by atoms with Gasteiger partial charge < -0.3 is 5.32 Å². The standard InChI is InChI=1S/C15H30N2O/c1-12(2)9-14(17-7-5-6-8-17)11-16-15(18)10-13(3)4/h12-14H,5-11H2,1-4H3,(H,16,18). The summed E-state index contributed by atoms with van der Waals surface area (Å²) in [5.74, 6) is 1.34. The molecule has 1 saturated heterocycles. The van der Waals surface area contributed by atoms with Gasteiger partial charge in [0.25, 0.3) is 0 Å². The van der Waals surface area contributed by atoms with Gasteiger partial charge in [-0.2, -0.15) is 0 Å². The second kappa shape index (κ2) is 7.78. The molecule has 0 aliphatic carbocycles. The molecule has 0 radical (unpaired) electrons. The highest BCUT2D eigenvalue weighted by Crippen LogP contribution is 2.17. The lowest BCUT2D eigenvalue weighted by Gasteiger charge is -2.29. The van der Waals surface area contributed by atoms with Crippen molar-refractivity contribution < 1.29 is 4.79 Å². The van der Waals surface area contributed by atoms with E-state index >= 15 is 0 Å². The van der Waals surface area contributed by atoms with Crippen LogP contribution >= 0.6 is 0 Å². The molecule has 0 aromatic rings. The summed E-state index contributed by atoms with van der Waals surface area (Å²) in [6.45, 7) is 11.9. The first kappa shape index (κ1) is 15.5. The highest BCUT2D eigenvalue weighted by molar-refractivity contribution is 5.76. The van der Waals surface area contributed by atoms with E-state index in [1.165, 1.54) is 32.4 Å². The van der Waals surface area contributed by atoms with E-state index < -0.39 is 0 Å². The molecule has 3 heteroatoms. The second-order valence-electron chi connectivity index (χ2n) is 6.43. The maximum atomic E-state index is 11.7. The molecule has 1 heterocycles. The van der Waals surface area contributed by atoms with E-state index in [0.717, 1.165) is 6.54 Å². The van der Waals surface area contributed by atoms with Gasteiger partial charge in [-0.15, -0.1) is 0 Å². The molecule has 1 atom stereocenters. The second-order valence-corrected chi connectivity index (χ2v) is 6.43. The fourth-order valence-corrected chi connectivity index (χ4v) is 2.69. The molecule has 1 N–H and O–H groups in total. The van der Waals surface area contributed by atoms with Gasteiger partial charge in [-0.25, -0.2) is 0 Å². The SMILES string of the molecule is CC(C)CC(=O)NCC(CC(C)C)N1CCCC1. The first-order valence-electron chi connectivity index (χ1n) is 7.49. The fraction of sp³-hybridized carbons (Fsp3) is 0.933. The molecule has 1 aliphatic heterocycles. The first-order chi connectivity index (χ1) is 8.49. The van der Waals surface area contributed by atoms with Crippen molar-refractivity contribution in [3.63, 3.8) is 0 Å². The summed E-state index contributed by atoms with van der Waals surface area (Å²) in [4.78, 5) is 14.3. The summed E-state index contributed by atoms with van der Waals surface area (Å²) >= 11 is 0. The topological polar surface area (TPSA) is 32.3 Å². The molecule has 1 amide bonds. The third-order valence-corrected chi connectivity index (χ3v) is 3.53. The number of carbonyl (C=O) groups excluding carboxylic acids is 1. The van der Waals surface area contributed by atoms with Crippen LogP contribution in [0.15, 0.2) is 0 Å². The zero-order valence-electron chi connectivity index (χ0n) is 12.5. The van der Waals surface area contributed by atoms with E-state index in [1.807, 2.05) is 0 Å². The fourth-order valence-electron chi connectivity index (χ4n) is 2.69. The molecule has 1 unspecified atom stereocenters. The number of likely N-dealkylation sites (tertiary alicyclic amines) is 1. The van der Waals surface area contributed by atoms with Crippen molar-refractivity contribution in [2.45, 2.75) is 59.4 Å². The highest BCUT2D eigenvalue weighted by Gasteiger charge is 2.23. The predicted octanol–water partition coefficient (Wildman–Crippen LogP) is 2.66. The lowest BCUT2D eigenvalue weighted by Crippen LogP contribution is -2.43. The zero-order chi connectivity index (χ0) is 13.5. The van der Waals surface area contributed by atoms with Gasteiger partial charge in [0.05, 0.1) is 0 Å². The Balaban J connectivity index is 2.38. The Bertz CT molecular complexity index is 245. The summed E-state index contributed by atoms with van der Waals surface area (Å²) < 4.78 is 0. The van der Waals surface area contributed by atoms with E-state index in [0.29, 0.717) is 24.3 Å². The summed E-state index contributed by atoms with van der Waals surface area (Å²) in [5, 5.41) is 3.12. The first-order valence-corrected chi connectivity index (χ1v) is 7.49. The van der Waals surface area contributed by atoms with E-state index in [2.05, 4.69) is 37.9 Å². The van der Waals surface area contributed by atoms with Crippen molar-refractivity contribution in [1.29, 1.82) is 0 Å². The van der Waals surface area contributed by atoms with Crippen LogP contribution in [0, 0.1) is 11.8 Å². The van der Waals surface area contributed by atoms with Gasteiger partial charge in [-0.1, -0.05) is 27.7 Å². The maximum absolute atomic E-state index is 11.7. The Kier molecular flexibility index (Phi) is 6.69. The van der Waals surface area contributed by atoms with Crippen LogP contribution in [0.25, 0.3) is 0 Å². The molecule has 0 aromatic heterocycles. The Morgan fingerprint density at radius 3 is 2.22 bits per heavy atom. The number of carbonyl (C=O) groups is 1. The largest absolute Gasteiger partial charge is 0.355 e. The van der Waals surface area contributed by atoms with Crippen molar-refractivity contribution >= 4 is 5.91 Å².